The zero-order valence-corrected chi connectivity index (χ0v) is 17.3. The Labute approximate surface area is 180 Å². The number of fused-ring (bicyclic) bond motifs is 1. The first-order valence-corrected chi connectivity index (χ1v) is 9.63. The van der Waals surface area contributed by atoms with E-state index in [-0.39, 0.29) is 55.6 Å². The van der Waals surface area contributed by atoms with Gasteiger partial charge < -0.3 is 5.73 Å². The van der Waals surface area contributed by atoms with Gasteiger partial charge in [0.25, 0.3) is 0 Å². The number of para-hydroxylation sites is 1. The van der Waals surface area contributed by atoms with Gasteiger partial charge in [0, 0.05) is 11.4 Å². The van der Waals surface area contributed by atoms with Crippen molar-refractivity contribution in [1.82, 2.24) is 14.3 Å². The van der Waals surface area contributed by atoms with Gasteiger partial charge >= 0.3 is 5.69 Å². The molecule has 158 valence electrons. The van der Waals surface area contributed by atoms with Crippen LogP contribution in [0.3, 0.4) is 0 Å². The third-order valence-electron chi connectivity index (χ3n) is 4.65. The molecule has 2 aromatic heterocycles. The molecule has 1 aliphatic rings. The summed E-state index contributed by atoms with van der Waals surface area (Å²) in [6.45, 7) is 0.200. The van der Waals surface area contributed by atoms with E-state index in [1.165, 1.54) is 33.2 Å². The number of nitrogens with zero attached hydrogens (tertiary/aromatic N) is 4. The first kappa shape index (κ1) is 21.9. The van der Waals surface area contributed by atoms with Crippen LogP contribution in [0, 0.1) is 5.82 Å². The lowest BCUT2D eigenvalue weighted by molar-refractivity contribution is -0.116. The fourth-order valence-corrected chi connectivity index (χ4v) is 4.25. The number of amides is 1. The van der Waals surface area contributed by atoms with Crippen molar-refractivity contribution < 1.29 is 13.6 Å². The smallest absolute Gasteiger partial charge is 0.327 e. The Kier molecular flexibility index (Phi) is 6.49. The maximum Gasteiger partial charge on any atom is 0.346 e. The molecule has 1 amide bonds. The average Bonchev–Trinajstić information content (AvgIpc) is 3.39. The molecule has 3 heterocycles. The van der Waals surface area contributed by atoms with E-state index in [1.807, 2.05) is 0 Å². The van der Waals surface area contributed by atoms with E-state index in [9.17, 15) is 18.4 Å². The number of aromatic nitrogens is 3. The molecule has 0 atom stereocenters. The van der Waals surface area contributed by atoms with E-state index >= 15 is 0 Å². The third-order valence-corrected chi connectivity index (χ3v) is 5.70. The maximum absolute atomic E-state index is 14.3. The summed E-state index contributed by atoms with van der Waals surface area (Å²) in [7, 11) is 0. The number of anilines is 2. The lowest BCUT2D eigenvalue weighted by Crippen LogP contribution is -2.26. The number of hydrogen-bond acceptors (Lipinski definition) is 5. The van der Waals surface area contributed by atoms with E-state index in [2.05, 4.69) is 5.10 Å². The van der Waals surface area contributed by atoms with Gasteiger partial charge in [0.05, 0.1) is 31.5 Å². The van der Waals surface area contributed by atoms with E-state index in [1.54, 1.807) is 24.3 Å². The second kappa shape index (κ2) is 8.90. The third kappa shape index (κ3) is 3.93. The molecular weight excluding hydrogens is 436 g/mol. The Morgan fingerprint density at radius 2 is 2.07 bits per heavy atom. The molecule has 0 saturated heterocycles. The summed E-state index contributed by atoms with van der Waals surface area (Å²) in [5.41, 5.74) is 6.20. The SMILES string of the molecule is Cl.NC/C(=C\F)Cn1ncn(Cc2ccc(N3C(=O)Cc4cccc(F)c43)s2)c1=O. The Balaban J connectivity index is 0.00000256. The zero-order valence-electron chi connectivity index (χ0n) is 15.6. The maximum atomic E-state index is 14.3. The molecule has 0 fully saturated rings. The lowest BCUT2D eigenvalue weighted by atomic mass is 10.1. The van der Waals surface area contributed by atoms with Crippen LogP contribution in [0.15, 0.2) is 53.4 Å². The molecule has 30 heavy (non-hydrogen) atoms. The lowest BCUT2D eigenvalue weighted by Gasteiger charge is -2.15. The van der Waals surface area contributed by atoms with Gasteiger partial charge in [-0.05, 0) is 29.3 Å². The van der Waals surface area contributed by atoms with Gasteiger partial charge in [0.1, 0.15) is 17.1 Å². The van der Waals surface area contributed by atoms with Gasteiger partial charge in [0.15, 0.2) is 0 Å². The van der Waals surface area contributed by atoms with Crippen LogP contribution in [0.25, 0.3) is 0 Å². The van der Waals surface area contributed by atoms with Crippen LogP contribution in [0.1, 0.15) is 10.4 Å². The van der Waals surface area contributed by atoms with Crippen LogP contribution in [0.2, 0.25) is 0 Å². The number of rotatable bonds is 6. The van der Waals surface area contributed by atoms with E-state index in [4.69, 9.17) is 5.73 Å². The van der Waals surface area contributed by atoms with Crippen molar-refractivity contribution in [2.75, 3.05) is 11.4 Å². The summed E-state index contributed by atoms with van der Waals surface area (Å²) in [6, 6.07) is 8.16. The summed E-state index contributed by atoms with van der Waals surface area (Å²) in [6.07, 6.45) is 1.89. The van der Waals surface area contributed by atoms with Crippen molar-refractivity contribution >= 4 is 40.3 Å². The van der Waals surface area contributed by atoms with E-state index in [0.29, 0.717) is 16.9 Å². The molecule has 0 unspecified atom stereocenters. The summed E-state index contributed by atoms with van der Waals surface area (Å²) < 4.78 is 29.5. The highest BCUT2D eigenvalue weighted by molar-refractivity contribution is 7.16. The second-order valence-corrected chi connectivity index (χ2v) is 7.71. The minimum atomic E-state index is -0.447. The summed E-state index contributed by atoms with van der Waals surface area (Å²) in [4.78, 5) is 27.0. The van der Waals surface area contributed by atoms with Crippen molar-refractivity contribution in [1.29, 1.82) is 0 Å². The number of benzene rings is 1. The van der Waals surface area contributed by atoms with Crippen LogP contribution >= 0.6 is 23.7 Å². The number of hydrogen-bond donors (Lipinski definition) is 1. The Hall–Kier alpha value is -2.82. The molecule has 3 aromatic rings. The molecule has 0 radical (unpaired) electrons. The number of carbonyl (C=O) groups is 1. The van der Waals surface area contributed by atoms with Gasteiger partial charge in [-0.2, -0.15) is 5.10 Å². The second-order valence-electron chi connectivity index (χ2n) is 6.56. The van der Waals surface area contributed by atoms with Crippen molar-refractivity contribution in [2.24, 2.45) is 5.73 Å². The molecule has 0 saturated carbocycles. The van der Waals surface area contributed by atoms with Crippen LogP contribution in [0.5, 0.6) is 0 Å². The van der Waals surface area contributed by atoms with Crippen LogP contribution in [0.4, 0.5) is 19.5 Å². The van der Waals surface area contributed by atoms with Crippen molar-refractivity contribution in [3.63, 3.8) is 0 Å². The first-order chi connectivity index (χ1) is 14.0. The Bertz CT molecular complexity index is 1170. The van der Waals surface area contributed by atoms with Crippen LogP contribution in [-0.2, 0) is 24.3 Å². The minimum Gasteiger partial charge on any atom is -0.327 e. The van der Waals surface area contributed by atoms with Crippen LogP contribution in [-0.4, -0.2) is 26.8 Å². The minimum absolute atomic E-state index is 0. The highest BCUT2D eigenvalue weighted by Gasteiger charge is 2.32. The molecule has 4 rings (SSSR count). The predicted octanol–water partition coefficient (Wildman–Crippen LogP) is 2.75. The average molecular weight is 454 g/mol. The first-order valence-electron chi connectivity index (χ1n) is 8.81. The highest BCUT2D eigenvalue weighted by atomic mass is 35.5. The van der Waals surface area contributed by atoms with E-state index in [0.717, 1.165) is 9.56 Å². The molecule has 7 nitrogen and oxygen atoms in total. The van der Waals surface area contributed by atoms with Crippen LogP contribution < -0.4 is 16.3 Å². The van der Waals surface area contributed by atoms with Gasteiger partial charge in [0.2, 0.25) is 5.91 Å². The number of halogens is 3. The number of thiophene rings is 1. The quantitative estimate of drug-likeness (QED) is 0.621. The fraction of sp³-hybridized carbons (Fsp3) is 0.211. The molecule has 11 heteroatoms. The molecule has 0 bridgehead atoms. The fourth-order valence-electron chi connectivity index (χ4n) is 3.22. The highest BCUT2D eigenvalue weighted by Crippen LogP contribution is 2.40. The van der Waals surface area contributed by atoms with Gasteiger partial charge in [-0.1, -0.05) is 12.1 Å². The van der Waals surface area contributed by atoms with Gasteiger partial charge in [-0.25, -0.2) is 18.3 Å². The topological polar surface area (TPSA) is 86.2 Å². The van der Waals surface area contributed by atoms with Gasteiger partial charge in [-0.3, -0.25) is 14.3 Å². The molecule has 1 aliphatic heterocycles. The number of carbonyl (C=O) groups excluding carboxylic acids is 1. The van der Waals surface area contributed by atoms with Crippen molar-refractivity contribution in [3.8, 4) is 0 Å². The largest absolute Gasteiger partial charge is 0.346 e. The monoisotopic (exact) mass is 453 g/mol. The summed E-state index contributed by atoms with van der Waals surface area (Å²) in [5, 5.41) is 4.56. The standard InChI is InChI=1S/C19H17F2N5O2S.ClH/c20-7-12(8-22)9-25-19(28)24(11-23-25)10-14-4-5-17(29-14)26-16(27)6-13-2-1-3-15(21)18(13)26;/h1-5,7,11H,6,8-10,22H2;1H/b12-7+;. The number of nitrogens with two attached hydrogens (primary N) is 1. The molecule has 2 N–H and O–H groups in total. The summed E-state index contributed by atoms with van der Waals surface area (Å²) >= 11 is 1.29. The molecular formula is C19H18ClF2N5O2S. The molecule has 1 aromatic carbocycles. The Morgan fingerprint density at radius 3 is 2.80 bits per heavy atom. The predicted molar refractivity (Wildman–Crippen MR) is 113 cm³/mol. The normalized spacial score (nSPS) is 13.5. The van der Waals surface area contributed by atoms with Gasteiger partial charge in [-0.15, -0.1) is 23.7 Å². The van der Waals surface area contributed by atoms with E-state index < -0.39 is 11.5 Å². The zero-order chi connectivity index (χ0) is 20.5. The Morgan fingerprint density at radius 1 is 1.27 bits per heavy atom. The molecule has 0 spiro atoms. The van der Waals surface area contributed by atoms with Crippen molar-refractivity contribution in [3.05, 3.63) is 75.3 Å². The summed E-state index contributed by atoms with van der Waals surface area (Å²) in [5.74, 6) is -0.645. The molecule has 0 aliphatic carbocycles. The van der Waals surface area contributed by atoms with Crippen molar-refractivity contribution in [2.45, 2.75) is 19.5 Å².